The van der Waals surface area contributed by atoms with Gasteiger partial charge in [-0.2, -0.15) is 0 Å². The van der Waals surface area contributed by atoms with Gasteiger partial charge in [-0.25, -0.2) is 4.79 Å². The van der Waals surface area contributed by atoms with Gasteiger partial charge in [-0.05, 0) is 50.5 Å². The summed E-state index contributed by atoms with van der Waals surface area (Å²) in [6.07, 6.45) is 5.91. The summed E-state index contributed by atoms with van der Waals surface area (Å²) in [6, 6.07) is 5.94. The lowest BCUT2D eigenvalue weighted by Gasteiger charge is -2.38. The molecule has 3 atom stereocenters. The summed E-state index contributed by atoms with van der Waals surface area (Å²) >= 11 is 0. The summed E-state index contributed by atoms with van der Waals surface area (Å²) in [6.45, 7) is 3.56. The van der Waals surface area contributed by atoms with E-state index >= 15 is 0 Å². The van der Waals surface area contributed by atoms with Crippen LogP contribution < -0.4 is 5.32 Å². The van der Waals surface area contributed by atoms with E-state index in [0.717, 1.165) is 38.5 Å². The number of dihydropyridines is 1. The quantitative estimate of drug-likeness (QED) is 0.208. The van der Waals surface area contributed by atoms with E-state index in [2.05, 4.69) is 5.32 Å². The summed E-state index contributed by atoms with van der Waals surface area (Å²) in [5, 5.41) is 14.8. The van der Waals surface area contributed by atoms with Crippen molar-refractivity contribution in [2.24, 2.45) is 11.8 Å². The average Bonchev–Trinajstić information content (AvgIpc) is 3.11. The SMILES string of the molecule is COC(=O)[C@H]1C(=O)C2=C(C[C@H]1C)NC(C)=C(C(=O)OC1CCCCCC1)[C@@H]2c1cccc([N+](=O)[O-])c1. The molecule has 0 radical (unpaired) electrons. The first-order chi connectivity index (χ1) is 17.2. The number of hydrogen-bond acceptors (Lipinski definition) is 8. The normalized spacial score (nSPS) is 25.0. The number of nitro groups is 1. The van der Waals surface area contributed by atoms with Crippen LogP contribution in [-0.4, -0.2) is 35.9 Å². The molecular formula is C27H32N2O7. The van der Waals surface area contributed by atoms with Crippen LogP contribution >= 0.6 is 0 Å². The van der Waals surface area contributed by atoms with Gasteiger partial charge in [0, 0.05) is 35.0 Å². The van der Waals surface area contributed by atoms with Crippen molar-refractivity contribution in [3.63, 3.8) is 0 Å². The molecule has 1 aromatic carbocycles. The monoisotopic (exact) mass is 496 g/mol. The molecule has 1 N–H and O–H groups in total. The van der Waals surface area contributed by atoms with Crippen LogP contribution in [0.3, 0.4) is 0 Å². The van der Waals surface area contributed by atoms with Gasteiger partial charge < -0.3 is 14.8 Å². The van der Waals surface area contributed by atoms with Gasteiger partial charge in [-0.15, -0.1) is 0 Å². The lowest BCUT2D eigenvalue weighted by atomic mass is 9.69. The lowest BCUT2D eigenvalue weighted by Crippen LogP contribution is -2.43. The molecule has 1 heterocycles. The maximum atomic E-state index is 13.8. The maximum absolute atomic E-state index is 13.8. The van der Waals surface area contributed by atoms with Gasteiger partial charge in [-0.3, -0.25) is 19.7 Å². The predicted octanol–water partition coefficient (Wildman–Crippen LogP) is 4.47. The first-order valence-corrected chi connectivity index (χ1v) is 12.5. The smallest absolute Gasteiger partial charge is 0.337 e. The number of allylic oxidation sites excluding steroid dienone is 3. The molecule has 9 heteroatoms. The number of hydrogen-bond donors (Lipinski definition) is 1. The van der Waals surface area contributed by atoms with E-state index in [9.17, 15) is 24.5 Å². The molecule has 3 aliphatic rings. The van der Waals surface area contributed by atoms with E-state index in [0.29, 0.717) is 23.4 Å². The van der Waals surface area contributed by atoms with E-state index in [1.807, 2.05) is 6.92 Å². The minimum Gasteiger partial charge on any atom is -0.468 e. The van der Waals surface area contributed by atoms with Crippen LogP contribution in [0.2, 0.25) is 0 Å². The number of Topliss-reactive ketones (excluding diaryl/α,β-unsaturated/α-hetero) is 1. The Morgan fingerprint density at radius 1 is 1.14 bits per heavy atom. The fourth-order valence-corrected chi connectivity index (χ4v) is 5.68. The molecule has 192 valence electrons. The lowest BCUT2D eigenvalue weighted by molar-refractivity contribution is -0.384. The topological polar surface area (TPSA) is 125 Å². The number of esters is 2. The number of carbonyl (C=O) groups excluding carboxylic acids is 3. The Hall–Kier alpha value is -3.49. The molecule has 4 rings (SSSR count). The summed E-state index contributed by atoms with van der Waals surface area (Å²) < 4.78 is 10.9. The van der Waals surface area contributed by atoms with E-state index in [4.69, 9.17) is 9.47 Å². The van der Waals surface area contributed by atoms with Crippen molar-refractivity contribution in [3.05, 3.63) is 62.5 Å². The van der Waals surface area contributed by atoms with Crippen LogP contribution in [0.5, 0.6) is 0 Å². The summed E-state index contributed by atoms with van der Waals surface area (Å²) in [7, 11) is 1.24. The van der Waals surface area contributed by atoms with Gasteiger partial charge >= 0.3 is 11.9 Å². The molecule has 1 aliphatic heterocycles. The van der Waals surface area contributed by atoms with Crippen molar-refractivity contribution in [2.45, 2.75) is 70.8 Å². The second kappa shape index (κ2) is 10.6. The van der Waals surface area contributed by atoms with Crippen LogP contribution in [0.1, 0.15) is 70.3 Å². The fraction of sp³-hybridized carbons (Fsp3) is 0.519. The average molecular weight is 497 g/mol. The maximum Gasteiger partial charge on any atom is 0.337 e. The number of benzene rings is 1. The zero-order valence-corrected chi connectivity index (χ0v) is 20.9. The molecule has 9 nitrogen and oxygen atoms in total. The van der Waals surface area contributed by atoms with Crippen molar-refractivity contribution in [3.8, 4) is 0 Å². The molecule has 0 aromatic heterocycles. The van der Waals surface area contributed by atoms with E-state index < -0.39 is 34.5 Å². The molecule has 1 fully saturated rings. The zero-order chi connectivity index (χ0) is 26.0. The Morgan fingerprint density at radius 2 is 1.83 bits per heavy atom. The number of nitro benzene ring substituents is 1. The highest BCUT2D eigenvalue weighted by atomic mass is 16.6. The van der Waals surface area contributed by atoms with Crippen LogP contribution in [0.4, 0.5) is 5.69 Å². The number of rotatable bonds is 5. The van der Waals surface area contributed by atoms with Crippen LogP contribution in [0.15, 0.2) is 46.8 Å². The highest BCUT2D eigenvalue weighted by Gasteiger charge is 2.47. The Bertz CT molecular complexity index is 1140. The highest BCUT2D eigenvalue weighted by molar-refractivity contribution is 6.12. The highest BCUT2D eigenvalue weighted by Crippen LogP contribution is 2.46. The third kappa shape index (κ3) is 4.92. The first-order valence-electron chi connectivity index (χ1n) is 12.5. The molecule has 0 saturated heterocycles. The van der Waals surface area contributed by atoms with Gasteiger partial charge in [0.05, 0.1) is 17.6 Å². The Kier molecular flexibility index (Phi) is 7.56. The number of methoxy groups -OCH3 is 1. The third-order valence-electron chi connectivity index (χ3n) is 7.45. The van der Waals surface area contributed by atoms with Crippen molar-refractivity contribution in [2.75, 3.05) is 7.11 Å². The van der Waals surface area contributed by atoms with Crippen LogP contribution in [0, 0.1) is 22.0 Å². The number of nitrogens with one attached hydrogen (secondary N) is 1. The number of carbonyl (C=O) groups is 3. The van der Waals surface area contributed by atoms with Crippen molar-refractivity contribution >= 4 is 23.4 Å². The second-order valence-electron chi connectivity index (χ2n) is 9.91. The molecule has 2 aliphatic carbocycles. The van der Waals surface area contributed by atoms with Gasteiger partial charge in [0.15, 0.2) is 5.78 Å². The van der Waals surface area contributed by atoms with E-state index in [1.54, 1.807) is 13.0 Å². The van der Waals surface area contributed by atoms with Crippen LogP contribution in [0.25, 0.3) is 0 Å². The summed E-state index contributed by atoms with van der Waals surface area (Å²) in [4.78, 5) is 51.0. The first kappa shape index (κ1) is 25.6. The molecule has 1 aromatic rings. The van der Waals surface area contributed by atoms with Gasteiger partial charge in [0.1, 0.15) is 12.0 Å². The zero-order valence-electron chi connectivity index (χ0n) is 20.9. The Labute approximate surface area is 210 Å². The second-order valence-corrected chi connectivity index (χ2v) is 9.91. The Morgan fingerprint density at radius 3 is 2.47 bits per heavy atom. The summed E-state index contributed by atoms with van der Waals surface area (Å²) in [5.74, 6) is -3.84. The minimum absolute atomic E-state index is 0.150. The summed E-state index contributed by atoms with van der Waals surface area (Å²) in [5.41, 5.74) is 1.95. The molecule has 0 bridgehead atoms. The molecule has 0 spiro atoms. The number of nitrogens with zero attached hydrogens (tertiary/aromatic N) is 1. The largest absolute Gasteiger partial charge is 0.468 e. The fourth-order valence-electron chi connectivity index (χ4n) is 5.68. The van der Waals surface area contributed by atoms with Gasteiger partial charge in [-0.1, -0.05) is 31.9 Å². The molecule has 0 amide bonds. The van der Waals surface area contributed by atoms with E-state index in [-0.39, 0.29) is 28.9 Å². The van der Waals surface area contributed by atoms with Crippen molar-refractivity contribution < 1.29 is 28.8 Å². The van der Waals surface area contributed by atoms with Gasteiger partial charge in [0.2, 0.25) is 0 Å². The van der Waals surface area contributed by atoms with E-state index in [1.165, 1.54) is 25.3 Å². The van der Waals surface area contributed by atoms with Crippen molar-refractivity contribution in [1.29, 1.82) is 0 Å². The molecule has 36 heavy (non-hydrogen) atoms. The third-order valence-corrected chi connectivity index (χ3v) is 7.45. The molecule has 0 unspecified atom stereocenters. The predicted molar refractivity (Wildman–Crippen MR) is 131 cm³/mol. The molecular weight excluding hydrogens is 464 g/mol. The Balaban J connectivity index is 1.80. The van der Waals surface area contributed by atoms with Gasteiger partial charge in [0.25, 0.3) is 5.69 Å². The van der Waals surface area contributed by atoms with Crippen LogP contribution in [-0.2, 0) is 23.9 Å². The number of ketones is 1. The molecule has 1 saturated carbocycles. The van der Waals surface area contributed by atoms with Crippen molar-refractivity contribution in [1.82, 2.24) is 5.32 Å². The number of ether oxygens (including phenoxy) is 2. The number of non-ortho nitro benzene ring substituents is 1. The standard InChI is InChI=1S/C27H32N2O7/c1-15-13-20-24(25(30)21(15)26(31)35-3)23(17-9-8-10-18(14-17)29(33)34)22(16(2)28-20)27(32)36-19-11-6-4-5-7-12-19/h8-10,14-15,19,21,23,28H,4-7,11-13H2,1-3H3/t15-,21-,23+/m1/s1. The minimum atomic E-state index is -1.02.